The van der Waals surface area contributed by atoms with Gasteiger partial charge in [0.2, 0.25) is 0 Å². The van der Waals surface area contributed by atoms with Crippen LogP contribution in [0.3, 0.4) is 0 Å². The van der Waals surface area contributed by atoms with E-state index in [0.29, 0.717) is 5.92 Å². The van der Waals surface area contributed by atoms with Gasteiger partial charge in [0, 0.05) is 5.54 Å². The summed E-state index contributed by atoms with van der Waals surface area (Å²) in [7, 11) is 1.40. The van der Waals surface area contributed by atoms with Crippen molar-refractivity contribution >= 4 is 5.97 Å². The first-order valence-corrected chi connectivity index (χ1v) is 5.77. The van der Waals surface area contributed by atoms with E-state index in [4.69, 9.17) is 4.74 Å². The van der Waals surface area contributed by atoms with Gasteiger partial charge in [-0.25, -0.2) is 0 Å². The number of nitrogens with one attached hydrogen (secondary N) is 1. The Bertz CT molecular complexity index is 264. The molecule has 0 amide bonds. The normalized spacial score (nSPS) is 19.4. The zero-order chi connectivity index (χ0) is 12.6. The monoisotopic (exact) mass is 229 g/mol. The second-order valence-corrected chi connectivity index (χ2v) is 5.67. The highest BCUT2D eigenvalue weighted by molar-refractivity contribution is 5.76. The Morgan fingerprint density at radius 1 is 1.38 bits per heavy atom. The summed E-state index contributed by atoms with van der Waals surface area (Å²) in [6.07, 6.45) is 2.10. The van der Waals surface area contributed by atoms with Gasteiger partial charge in [0.1, 0.15) is 6.04 Å². The van der Waals surface area contributed by atoms with Gasteiger partial charge >= 0.3 is 5.97 Å². The smallest absolute Gasteiger partial charge is 0.323 e. The SMILES string of the molecule is COC(=O)C(NC(C)(C)C(C)(C)O)C1CC1. The van der Waals surface area contributed by atoms with Gasteiger partial charge in [-0.3, -0.25) is 10.1 Å². The molecule has 1 atom stereocenters. The molecule has 0 spiro atoms. The molecule has 0 aromatic heterocycles. The lowest BCUT2D eigenvalue weighted by Gasteiger charge is -2.40. The van der Waals surface area contributed by atoms with Crippen molar-refractivity contribution in [1.82, 2.24) is 5.32 Å². The predicted octanol–water partition coefficient (Wildman–Crippen LogP) is 1.08. The Kier molecular flexibility index (Phi) is 3.65. The minimum atomic E-state index is -0.895. The molecule has 1 fully saturated rings. The van der Waals surface area contributed by atoms with Crippen LogP contribution in [-0.4, -0.2) is 35.4 Å². The van der Waals surface area contributed by atoms with Crippen molar-refractivity contribution < 1.29 is 14.6 Å². The summed E-state index contributed by atoms with van der Waals surface area (Å²) in [5, 5.41) is 13.3. The zero-order valence-corrected chi connectivity index (χ0v) is 10.8. The van der Waals surface area contributed by atoms with Crippen LogP contribution in [0.15, 0.2) is 0 Å². The Morgan fingerprint density at radius 2 is 1.88 bits per heavy atom. The molecule has 1 aliphatic carbocycles. The van der Waals surface area contributed by atoms with Gasteiger partial charge in [-0.05, 0) is 46.5 Å². The third kappa shape index (κ3) is 2.95. The number of rotatable bonds is 5. The summed E-state index contributed by atoms with van der Waals surface area (Å²) >= 11 is 0. The highest BCUT2D eigenvalue weighted by Gasteiger charge is 2.44. The van der Waals surface area contributed by atoms with Gasteiger partial charge in [0.25, 0.3) is 0 Å². The average Bonchev–Trinajstić information content (AvgIpc) is 2.94. The van der Waals surface area contributed by atoms with Crippen LogP contribution in [0.2, 0.25) is 0 Å². The minimum Gasteiger partial charge on any atom is -0.468 e. The van der Waals surface area contributed by atoms with Crippen molar-refractivity contribution in [3.05, 3.63) is 0 Å². The summed E-state index contributed by atoms with van der Waals surface area (Å²) in [6.45, 7) is 7.26. The fraction of sp³-hybridized carbons (Fsp3) is 0.917. The lowest BCUT2D eigenvalue weighted by Crippen LogP contribution is -2.61. The van der Waals surface area contributed by atoms with E-state index in [1.54, 1.807) is 13.8 Å². The number of aliphatic hydroxyl groups is 1. The highest BCUT2D eigenvalue weighted by Crippen LogP contribution is 2.35. The van der Waals surface area contributed by atoms with E-state index >= 15 is 0 Å². The first-order valence-electron chi connectivity index (χ1n) is 5.77. The van der Waals surface area contributed by atoms with Gasteiger partial charge in [-0.1, -0.05) is 0 Å². The highest BCUT2D eigenvalue weighted by atomic mass is 16.5. The Hall–Kier alpha value is -0.610. The summed E-state index contributed by atoms with van der Waals surface area (Å²) in [5.74, 6) is 0.119. The molecule has 0 bridgehead atoms. The Morgan fingerprint density at radius 3 is 2.19 bits per heavy atom. The predicted molar refractivity (Wildman–Crippen MR) is 62.0 cm³/mol. The van der Waals surface area contributed by atoms with E-state index in [-0.39, 0.29) is 12.0 Å². The van der Waals surface area contributed by atoms with Crippen LogP contribution in [0.25, 0.3) is 0 Å². The Balaban J connectivity index is 2.71. The molecule has 0 aliphatic heterocycles. The molecule has 4 heteroatoms. The molecule has 1 saturated carbocycles. The van der Waals surface area contributed by atoms with Gasteiger partial charge in [-0.2, -0.15) is 0 Å². The van der Waals surface area contributed by atoms with E-state index in [0.717, 1.165) is 12.8 Å². The molecular weight excluding hydrogens is 206 g/mol. The molecule has 0 aromatic rings. The quantitative estimate of drug-likeness (QED) is 0.693. The van der Waals surface area contributed by atoms with E-state index < -0.39 is 11.1 Å². The second-order valence-electron chi connectivity index (χ2n) is 5.67. The van der Waals surface area contributed by atoms with Crippen molar-refractivity contribution in [2.24, 2.45) is 5.92 Å². The first kappa shape index (κ1) is 13.5. The number of carbonyl (C=O) groups is 1. The van der Waals surface area contributed by atoms with Crippen LogP contribution in [-0.2, 0) is 9.53 Å². The second kappa shape index (κ2) is 4.34. The van der Waals surface area contributed by atoms with Crippen LogP contribution in [0, 0.1) is 5.92 Å². The van der Waals surface area contributed by atoms with Gasteiger partial charge < -0.3 is 9.84 Å². The number of esters is 1. The standard InChI is InChI=1S/C12H23NO3/c1-11(2,12(3,4)15)13-9(8-6-7-8)10(14)16-5/h8-9,13,15H,6-7H2,1-5H3. The number of carbonyl (C=O) groups excluding carboxylic acids is 1. The summed E-state index contributed by atoms with van der Waals surface area (Å²) in [5.41, 5.74) is -1.43. The molecular formula is C12H23NO3. The molecule has 0 heterocycles. The molecule has 2 N–H and O–H groups in total. The fourth-order valence-corrected chi connectivity index (χ4v) is 1.49. The van der Waals surface area contributed by atoms with E-state index in [1.165, 1.54) is 7.11 Å². The van der Waals surface area contributed by atoms with Crippen molar-refractivity contribution in [1.29, 1.82) is 0 Å². The van der Waals surface area contributed by atoms with Crippen molar-refractivity contribution in [2.75, 3.05) is 7.11 Å². The molecule has 1 rings (SSSR count). The Labute approximate surface area is 97.4 Å². The van der Waals surface area contributed by atoms with Crippen LogP contribution < -0.4 is 5.32 Å². The zero-order valence-electron chi connectivity index (χ0n) is 10.8. The van der Waals surface area contributed by atoms with E-state index in [2.05, 4.69) is 5.32 Å². The third-order valence-electron chi connectivity index (χ3n) is 3.59. The molecule has 4 nitrogen and oxygen atoms in total. The van der Waals surface area contributed by atoms with Crippen LogP contribution >= 0.6 is 0 Å². The maximum absolute atomic E-state index is 11.6. The van der Waals surface area contributed by atoms with Crippen molar-refractivity contribution in [2.45, 2.75) is 57.7 Å². The fourth-order valence-electron chi connectivity index (χ4n) is 1.49. The molecule has 0 radical (unpaired) electrons. The maximum Gasteiger partial charge on any atom is 0.323 e. The number of hydrogen-bond donors (Lipinski definition) is 2. The number of ether oxygens (including phenoxy) is 1. The number of hydrogen-bond acceptors (Lipinski definition) is 4. The van der Waals surface area contributed by atoms with Gasteiger partial charge in [0.15, 0.2) is 0 Å². The average molecular weight is 229 g/mol. The molecule has 1 unspecified atom stereocenters. The summed E-state index contributed by atoms with van der Waals surface area (Å²) in [4.78, 5) is 11.6. The van der Waals surface area contributed by atoms with Gasteiger partial charge in [0.05, 0.1) is 12.7 Å². The molecule has 0 saturated heterocycles. The van der Waals surface area contributed by atoms with E-state index in [1.807, 2.05) is 13.8 Å². The minimum absolute atomic E-state index is 0.236. The summed E-state index contributed by atoms with van der Waals surface area (Å²) < 4.78 is 4.79. The lowest BCUT2D eigenvalue weighted by molar-refractivity contribution is -0.145. The van der Waals surface area contributed by atoms with E-state index in [9.17, 15) is 9.90 Å². The molecule has 1 aliphatic rings. The largest absolute Gasteiger partial charge is 0.468 e. The summed E-state index contributed by atoms with van der Waals surface area (Å²) in [6, 6.07) is -0.300. The maximum atomic E-state index is 11.6. The van der Waals surface area contributed by atoms with Crippen molar-refractivity contribution in [3.8, 4) is 0 Å². The molecule has 94 valence electrons. The lowest BCUT2D eigenvalue weighted by atomic mass is 9.85. The molecule has 16 heavy (non-hydrogen) atoms. The van der Waals surface area contributed by atoms with Crippen LogP contribution in [0.5, 0.6) is 0 Å². The molecule has 0 aromatic carbocycles. The van der Waals surface area contributed by atoms with Crippen LogP contribution in [0.1, 0.15) is 40.5 Å². The van der Waals surface area contributed by atoms with Crippen molar-refractivity contribution in [3.63, 3.8) is 0 Å². The first-order chi connectivity index (χ1) is 7.19. The third-order valence-corrected chi connectivity index (χ3v) is 3.59. The van der Waals surface area contributed by atoms with Crippen LogP contribution in [0.4, 0.5) is 0 Å². The number of methoxy groups -OCH3 is 1. The van der Waals surface area contributed by atoms with Gasteiger partial charge in [-0.15, -0.1) is 0 Å². The topological polar surface area (TPSA) is 58.6 Å².